The number of aryl methyl sites for hydroxylation is 1. The average Bonchev–Trinajstić information content (AvgIpc) is 2.81. The van der Waals surface area contributed by atoms with E-state index in [9.17, 15) is 4.79 Å². The standard InChI is InChI=1S/C28H35N3O/c1-22-14-16-24(17-15-22)21-31(20-8-19-30-18-6-5-9-23(30)2)28(32)29-27-13-7-11-25-10-3-4-12-26(25)27/h3-4,7,10-17,23H,5-6,8-9,18-21H2,1-2H3,(H,29,32). The number of hydrogen-bond acceptors (Lipinski definition) is 2. The SMILES string of the molecule is Cc1ccc(CN(CCCN2CCCCC2C)C(=O)Nc2cccc3ccccc23)cc1. The fourth-order valence-corrected chi connectivity index (χ4v) is 4.65. The van der Waals surface area contributed by atoms with E-state index in [2.05, 4.69) is 66.5 Å². The third-order valence-corrected chi connectivity index (χ3v) is 6.63. The number of nitrogens with zero attached hydrogens (tertiary/aromatic N) is 2. The van der Waals surface area contributed by atoms with E-state index >= 15 is 0 Å². The van der Waals surface area contributed by atoms with Crippen LogP contribution in [0.2, 0.25) is 0 Å². The summed E-state index contributed by atoms with van der Waals surface area (Å²) in [6.07, 6.45) is 4.90. The number of carbonyl (C=O) groups excluding carboxylic acids is 1. The highest BCUT2D eigenvalue weighted by Gasteiger charge is 2.19. The lowest BCUT2D eigenvalue weighted by molar-refractivity contribution is 0.150. The minimum atomic E-state index is -0.0337. The van der Waals surface area contributed by atoms with Crippen LogP contribution in [0.4, 0.5) is 10.5 Å². The molecule has 168 valence electrons. The molecular weight excluding hydrogens is 394 g/mol. The Morgan fingerprint density at radius 3 is 2.62 bits per heavy atom. The molecule has 4 nitrogen and oxygen atoms in total. The maximum Gasteiger partial charge on any atom is 0.322 e. The van der Waals surface area contributed by atoms with Crippen LogP contribution in [0.5, 0.6) is 0 Å². The summed E-state index contributed by atoms with van der Waals surface area (Å²) >= 11 is 0. The number of fused-ring (bicyclic) bond motifs is 1. The Balaban J connectivity index is 1.46. The van der Waals surface area contributed by atoms with Gasteiger partial charge in [-0.3, -0.25) is 0 Å². The molecule has 4 heteroatoms. The zero-order chi connectivity index (χ0) is 22.3. The van der Waals surface area contributed by atoms with Crippen LogP contribution in [0.1, 0.15) is 43.7 Å². The predicted molar refractivity (Wildman–Crippen MR) is 134 cm³/mol. The molecule has 0 spiro atoms. The van der Waals surface area contributed by atoms with Gasteiger partial charge in [0.2, 0.25) is 0 Å². The van der Waals surface area contributed by atoms with Crippen molar-refractivity contribution in [1.29, 1.82) is 0 Å². The largest absolute Gasteiger partial charge is 0.322 e. The summed E-state index contributed by atoms with van der Waals surface area (Å²) in [5, 5.41) is 5.39. The van der Waals surface area contributed by atoms with E-state index < -0.39 is 0 Å². The van der Waals surface area contributed by atoms with Gasteiger partial charge >= 0.3 is 6.03 Å². The van der Waals surface area contributed by atoms with Crippen molar-refractivity contribution in [2.75, 3.05) is 25.0 Å². The van der Waals surface area contributed by atoms with Gasteiger partial charge in [0.1, 0.15) is 0 Å². The molecule has 3 aromatic carbocycles. The Kier molecular flexibility index (Phi) is 7.43. The molecule has 1 saturated heterocycles. The number of piperidine rings is 1. The molecule has 1 aliphatic rings. The van der Waals surface area contributed by atoms with Crippen LogP contribution < -0.4 is 5.32 Å². The zero-order valence-corrected chi connectivity index (χ0v) is 19.4. The number of amides is 2. The Labute approximate surface area is 192 Å². The molecule has 3 aromatic rings. The van der Waals surface area contributed by atoms with Crippen molar-refractivity contribution >= 4 is 22.5 Å². The molecular formula is C28H35N3O. The summed E-state index contributed by atoms with van der Waals surface area (Å²) in [7, 11) is 0. The van der Waals surface area contributed by atoms with Crippen LogP contribution >= 0.6 is 0 Å². The monoisotopic (exact) mass is 429 g/mol. The van der Waals surface area contributed by atoms with Crippen LogP contribution in [0.15, 0.2) is 66.7 Å². The summed E-state index contributed by atoms with van der Waals surface area (Å²) in [6, 6.07) is 23.3. The van der Waals surface area contributed by atoms with Gasteiger partial charge in [0, 0.05) is 31.1 Å². The fourth-order valence-electron chi connectivity index (χ4n) is 4.65. The second-order valence-corrected chi connectivity index (χ2v) is 9.10. The van der Waals surface area contributed by atoms with Crippen molar-refractivity contribution in [2.24, 2.45) is 0 Å². The van der Waals surface area contributed by atoms with Crippen molar-refractivity contribution in [3.8, 4) is 0 Å². The fraction of sp³-hybridized carbons (Fsp3) is 0.393. The first-order chi connectivity index (χ1) is 15.6. The van der Waals surface area contributed by atoms with E-state index in [-0.39, 0.29) is 6.03 Å². The minimum absolute atomic E-state index is 0.0337. The van der Waals surface area contributed by atoms with Gasteiger partial charge in [0.25, 0.3) is 0 Å². The Hall–Kier alpha value is -2.85. The smallest absolute Gasteiger partial charge is 0.320 e. The summed E-state index contributed by atoms with van der Waals surface area (Å²) in [5.74, 6) is 0. The molecule has 2 amide bonds. The summed E-state index contributed by atoms with van der Waals surface area (Å²) in [5.41, 5.74) is 3.27. The van der Waals surface area contributed by atoms with Crippen LogP contribution in [0, 0.1) is 6.92 Å². The van der Waals surface area contributed by atoms with Crippen molar-refractivity contribution < 1.29 is 4.79 Å². The van der Waals surface area contributed by atoms with Crippen LogP contribution in [-0.4, -0.2) is 41.5 Å². The maximum absolute atomic E-state index is 13.4. The molecule has 1 aliphatic heterocycles. The zero-order valence-electron chi connectivity index (χ0n) is 19.4. The number of benzene rings is 3. The van der Waals surface area contributed by atoms with Gasteiger partial charge in [-0.2, -0.15) is 0 Å². The molecule has 0 radical (unpaired) electrons. The van der Waals surface area contributed by atoms with E-state index in [0.717, 1.165) is 41.5 Å². The van der Waals surface area contributed by atoms with Crippen LogP contribution in [0.25, 0.3) is 10.8 Å². The van der Waals surface area contributed by atoms with Crippen LogP contribution in [-0.2, 0) is 6.54 Å². The lowest BCUT2D eigenvalue weighted by Crippen LogP contribution is -2.40. The predicted octanol–water partition coefficient (Wildman–Crippen LogP) is 6.45. The first-order valence-electron chi connectivity index (χ1n) is 11.9. The lowest BCUT2D eigenvalue weighted by Gasteiger charge is -2.34. The van der Waals surface area contributed by atoms with Crippen molar-refractivity contribution in [2.45, 2.75) is 52.1 Å². The highest BCUT2D eigenvalue weighted by Crippen LogP contribution is 2.24. The Morgan fingerprint density at radius 1 is 1.03 bits per heavy atom. The van der Waals surface area contributed by atoms with Gasteiger partial charge < -0.3 is 15.1 Å². The van der Waals surface area contributed by atoms with Crippen molar-refractivity contribution in [3.63, 3.8) is 0 Å². The molecule has 0 aromatic heterocycles. The van der Waals surface area contributed by atoms with Crippen LogP contribution in [0.3, 0.4) is 0 Å². The molecule has 4 rings (SSSR count). The first-order valence-corrected chi connectivity index (χ1v) is 11.9. The number of hydrogen-bond donors (Lipinski definition) is 1. The molecule has 1 unspecified atom stereocenters. The molecule has 32 heavy (non-hydrogen) atoms. The van der Waals surface area contributed by atoms with E-state index in [1.807, 2.05) is 29.2 Å². The normalized spacial score (nSPS) is 16.8. The number of rotatable bonds is 7. The van der Waals surface area contributed by atoms with Gasteiger partial charge in [0.15, 0.2) is 0 Å². The molecule has 0 bridgehead atoms. The highest BCUT2D eigenvalue weighted by atomic mass is 16.2. The lowest BCUT2D eigenvalue weighted by atomic mass is 10.0. The molecule has 0 aliphatic carbocycles. The number of carbonyl (C=O) groups is 1. The van der Waals surface area contributed by atoms with Gasteiger partial charge in [0.05, 0.1) is 5.69 Å². The van der Waals surface area contributed by atoms with E-state index in [4.69, 9.17) is 0 Å². The quantitative estimate of drug-likeness (QED) is 0.469. The third kappa shape index (κ3) is 5.68. The summed E-state index contributed by atoms with van der Waals surface area (Å²) in [6.45, 7) is 8.01. The minimum Gasteiger partial charge on any atom is -0.320 e. The number of anilines is 1. The van der Waals surface area contributed by atoms with Gasteiger partial charge in [-0.05, 0) is 56.7 Å². The van der Waals surface area contributed by atoms with Crippen molar-refractivity contribution in [1.82, 2.24) is 9.80 Å². The molecule has 1 N–H and O–H groups in total. The number of urea groups is 1. The van der Waals surface area contributed by atoms with Crippen molar-refractivity contribution in [3.05, 3.63) is 77.9 Å². The molecule has 0 saturated carbocycles. The van der Waals surface area contributed by atoms with Gasteiger partial charge in [-0.15, -0.1) is 0 Å². The van der Waals surface area contributed by atoms with Gasteiger partial charge in [-0.1, -0.05) is 72.6 Å². The maximum atomic E-state index is 13.4. The second-order valence-electron chi connectivity index (χ2n) is 9.10. The third-order valence-electron chi connectivity index (χ3n) is 6.63. The highest BCUT2D eigenvalue weighted by molar-refractivity contribution is 6.01. The van der Waals surface area contributed by atoms with E-state index in [0.29, 0.717) is 12.6 Å². The molecule has 1 heterocycles. The molecule has 1 atom stereocenters. The average molecular weight is 430 g/mol. The Bertz CT molecular complexity index is 1030. The number of nitrogens with one attached hydrogen (secondary N) is 1. The summed E-state index contributed by atoms with van der Waals surface area (Å²) < 4.78 is 0. The topological polar surface area (TPSA) is 35.6 Å². The molecule has 1 fully saturated rings. The first kappa shape index (κ1) is 22.3. The second kappa shape index (κ2) is 10.6. The van der Waals surface area contributed by atoms with E-state index in [1.165, 1.54) is 31.4 Å². The van der Waals surface area contributed by atoms with Gasteiger partial charge in [-0.25, -0.2) is 4.79 Å². The Morgan fingerprint density at radius 2 is 1.81 bits per heavy atom. The number of likely N-dealkylation sites (tertiary alicyclic amines) is 1. The summed E-state index contributed by atoms with van der Waals surface area (Å²) in [4.78, 5) is 17.9. The van der Waals surface area contributed by atoms with E-state index in [1.54, 1.807) is 0 Å².